The third-order valence-corrected chi connectivity index (χ3v) is 14.1. The highest BCUT2D eigenvalue weighted by Gasteiger charge is 2.21. The van der Waals surface area contributed by atoms with Gasteiger partial charge in [-0.2, -0.15) is 0 Å². The van der Waals surface area contributed by atoms with Crippen LogP contribution in [0.2, 0.25) is 0 Å². The van der Waals surface area contributed by atoms with E-state index in [0.717, 1.165) is 50.5 Å². The smallest absolute Gasteiger partial charge is 0.160 e. The molecule has 0 spiro atoms. The average molecular weight is 891 g/mol. The highest BCUT2D eigenvalue weighted by molar-refractivity contribution is 6.26. The molecule has 326 valence electrons. The number of nitrogens with zero attached hydrogens (tertiary/aromatic N) is 4. The van der Waals surface area contributed by atoms with Crippen LogP contribution >= 0.6 is 0 Å². The lowest BCUT2D eigenvalue weighted by molar-refractivity contribution is 1.16. The van der Waals surface area contributed by atoms with Crippen molar-refractivity contribution in [1.82, 2.24) is 19.1 Å². The highest BCUT2D eigenvalue weighted by Crippen LogP contribution is 2.44. The van der Waals surface area contributed by atoms with Crippen LogP contribution in [0.3, 0.4) is 0 Å². The third-order valence-electron chi connectivity index (χ3n) is 14.1. The van der Waals surface area contributed by atoms with Crippen molar-refractivity contribution in [2.75, 3.05) is 0 Å². The fraction of sp³-hybridized carbons (Fsp3) is 0. The molecule has 0 N–H and O–H groups in total. The number of fused-ring (bicyclic) bond motifs is 10. The van der Waals surface area contributed by atoms with E-state index in [1.54, 1.807) is 0 Å². The SMILES string of the molecule is c1ccc(-c2ccc(-c3cc(-c4ccccc4)nc(-c4ccc(-n5c6ccc(-c7cc8c(c9ccccc79)c7ccccc7n8-c7ccccc7)cc6c6c7ccccc7ccc65)cc4)n3)cc2)cc1. The van der Waals surface area contributed by atoms with Crippen molar-refractivity contribution in [1.29, 1.82) is 0 Å². The lowest BCUT2D eigenvalue weighted by atomic mass is 9.93. The van der Waals surface area contributed by atoms with Gasteiger partial charge >= 0.3 is 0 Å². The summed E-state index contributed by atoms with van der Waals surface area (Å²) < 4.78 is 4.84. The molecular weight excluding hydrogens is 849 g/mol. The Kier molecular flexibility index (Phi) is 9.17. The fourth-order valence-corrected chi connectivity index (χ4v) is 10.9. The first-order valence-corrected chi connectivity index (χ1v) is 23.9. The van der Waals surface area contributed by atoms with Gasteiger partial charge in [-0.05, 0) is 117 Å². The zero-order valence-electron chi connectivity index (χ0n) is 38.0. The van der Waals surface area contributed by atoms with Crippen molar-refractivity contribution in [3.8, 4) is 67.5 Å². The molecule has 4 nitrogen and oxygen atoms in total. The van der Waals surface area contributed by atoms with Crippen LogP contribution in [0.5, 0.6) is 0 Å². The molecule has 0 aliphatic carbocycles. The van der Waals surface area contributed by atoms with Gasteiger partial charge in [0, 0.05) is 49.6 Å². The van der Waals surface area contributed by atoms with Crippen LogP contribution in [0.15, 0.2) is 255 Å². The van der Waals surface area contributed by atoms with E-state index in [0.29, 0.717) is 5.82 Å². The third kappa shape index (κ3) is 6.46. The summed E-state index contributed by atoms with van der Waals surface area (Å²) >= 11 is 0. The molecule has 0 amide bonds. The first-order valence-electron chi connectivity index (χ1n) is 23.9. The molecule has 11 aromatic carbocycles. The standard InChI is InChI=1S/C66H42N4/c1-4-16-43(17-5-1)44-28-30-47(31-29-44)59-42-58(46-19-6-2-7-20-46)67-66(68-59)48-32-36-51(37-33-48)69-61-38-35-49(40-57(61)64-52-23-11-10-18-45(52)34-39-62(64)69)56-41-63-65(54-25-13-12-24-53(54)56)55-26-14-15-27-60(55)70(63)50-21-8-3-9-22-50/h1-42H. The maximum Gasteiger partial charge on any atom is 0.160 e. The Balaban J connectivity index is 0.928. The summed E-state index contributed by atoms with van der Waals surface area (Å²) in [6, 6.07) is 91.7. The molecule has 0 atom stereocenters. The Morgan fingerprint density at radius 3 is 1.49 bits per heavy atom. The quantitative estimate of drug-likeness (QED) is 0.160. The van der Waals surface area contributed by atoms with E-state index in [4.69, 9.17) is 9.97 Å². The topological polar surface area (TPSA) is 35.6 Å². The second-order valence-corrected chi connectivity index (χ2v) is 18.1. The molecule has 0 aliphatic rings. The van der Waals surface area contributed by atoms with E-state index in [1.165, 1.54) is 76.4 Å². The van der Waals surface area contributed by atoms with Gasteiger partial charge in [-0.25, -0.2) is 9.97 Å². The zero-order valence-corrected chi connectivity index (χ0v) is 38.0. The van der Waals surface area contributed by atoms with Crippen molar-refractivity contribution in [3.05, 3.63) is 255 Å². The van der Waals surface area contributed by atoms with Crippen LogP contribution in [0.1, 0.15) is 0 Å². The van der Waals surface area contributed by atoms with Crippen LogP contribution in [-0.4, -0.2) is 19.1 Å². The summed E-state index contributed by atoms with van der Waals surface area (Å²) in [5, 5.41) is 9.92. The van der Waals surface area contributed by atoms with Crippen LogP contribution in [-0.2, 0) is 0 Å². The van der Waals surface area contributed by atoms with Crippen molar-refractivity contribution in [3.63, 3.8) is 0 Å². The Bertz CT molecular complexity index is 4300. The number of para-hydroxylation sites is 2. The summed E-state index contributed by atoms with van der Waals surface area (Å²) in [6.07, 6.45) is 0. The average Bonchev–Trinajstić information content (AvgIpc) is 3.96. The van der Waals surface area contributed by atoms with E-state index in [1.807, 2.05) is 6.07 Å². The van der Waals surface area contributed by atoms with Gasteiger partial charge in [-0.15, -0.1) is 0 Å². The van der Waals surface area contributed by atoms with Crippen LogP contribution in [0.4, 0.5) is 0 Å². The Morgan fingerprint density at radius 2 is 0.743 bits per heavy atom. The molecule has 3 aromatic heterocycles. The molecule has 0 unspecified atom stereocenters. The van der Waals surface area contributed by atoms with Crippen molar-refractivity contribution in [2.24, 2.45) is 0 Å². The predicted molar refractivity (Wildman–Crippen MR) is 293 cm³/mol. The molecule has 0 saturated heterocycles. The Morgan fingerprint density at radius 1 is 0.257 bits per heavy atom. The normalized spacial score (nSPS) is 11.7. The van der Waals surface area contributed by atoms with E-state index in [9.17, 15) is 0 Å². The minimum Gasteiger partial charge on any atom is -0.309 e. The van der Waals surface area contributed by atoms with Gasteiger partial charge in [0.2, 0.25) is 0 Å². The maximum atomic E-state index is 5.22. The molecule has 0 saturated carbocycles. The van der Waals surface area contributed by atoms with Gasteiger partial charge in [0.1, 0.15) is 0 Å². The van der Waals surface area contributed by atoms with E-state index in [-0.39, 0.29) is 0 Å². The molecule has 4 heteroatoms. The van der Waals surface area contributed by atoms with Crippen LogP contribution < -0.4 is 0 Å². The van der Waals surface area contributed by atoms with Gasteiger partial charge in [0.05, 0.1) is 33.5 Å². The summed E-state index contributed by atoms with van der Waals surface area (Å²) in [5.74, 6) is 0.684. The molecule has 14 aromatic rings. The molecule has 70 heavy (non-hydrogen) atoms. The maximum absolute atomic E-state index is 5.22. The lowest BCUT2D eigenvalue weighted by Gasteiger charge is -2.13. The van der Waals surface area contributed by atoms with Gasteiger partial charge in [0.25, 0.3) is 0 Å². The lowest BCUT2D eigenvalue weighted by Crippen LogP contribution is -1.97. The Labute approximate surface area is 404 Å². The first-order chi connectivity index (χ1) is 34.7. The fourth-order valence-electron chi connectivity index (χ4n) is 10.9. The largest absolute Gasteiger partial charge is 0.309 e. The van der Waals surface area contributed by atoms with Crippen LogP contribution in [0, 0.1) is 0 Å². The van der Waals surface area contributed by atoms with Gasteiger partial charge in [-0.1, -0.05) is 182 Å². The van der Waals surface area contributed by atoms with E-state index < -0.39 is 0 Å². The molecular formula is C66H42N4. The summed E-state index contributed by atoms with van der Waals surface area (Å²) in [7, 11) is 0. The minimum atomic E-state index is 0.684. The molecule has 0 aliphatic heterocycles. The molecule has 0 bridgehead atoms. The number of hydrogen-bond acceptors (Lipinski definition) is 2. The van der Waals surface area contributed by atoms with E-state index in [2.05, 4.69) is 258 Å². The van der Waals surface area contributed by atoms with E-state index >= 15 is 0 Å². The minimum absolute atomic E-state index is 0.684. The molecule has 0 radical (unpaired) electrons. The highest BCUT2D eigenvalue weighted by atomic mass is 15.0. The molecule has 0 fully saturated rings. The summed E-state index contributed by atoms with van der Waals surface area (Å²) in [5.41, 5.74) is 16.5. The summed E-state index contributed by atoms with van der Waals surface area (Å²) in [6.45, 7) is 0. The number of rotatable bonds is 7. The number of aromatic nitrogens is 4. The summed E-state index contributed by atoms with van der Waals surface area (Å²) in [4.78, 5) is 10.4. The van der Waals surface area contributed by atoms with Crippen molar-refractivity contribution in [2.45, 2.75) is 0 Å². The Hall–Kier alpha value is -9.38. The van der Waals surface area contributed by atoms with Crippen molar-refractivity contribution >= 4 is 65.2 Å². The van der Waals surface area contributed by atoms with Crippen molar-refractivity contribution < 1.29 is 0 Å². The monoisotopic (exact) mass is 890 g/mol. The van der Waals surface area contributed by atoms with Gasteiger partial charge in [-0.3, -0.25) is 0 Å². The second kappa shape index (κ2) is 16.2. The predicted octanol–water partition coefficient (Wildman–Crippen LogP) is 17.3. The van der Waals surface area contributed by atoms with Crippen LogP contribution in [0.25, 0.3) is 133 Å². The zero-order chi connectivity index (χ0) is 46.1. The second-order valence-electron chi connectivity index (χ2n) is 18.1. The number of hydrogen-bond donors (Lipinski definition) is 0. The first kappa shape index (κ1) is 39.8. The molecule has 3 heterocycles. The van der Waals surface area contributed by atoms with Gasteiger partial charge in [0.15, 0.2) is 5.82 Å². The molecule has 14 rings (SSSR count). The number of benzene rings is 11. The van der Waals surface area contributed by atoms with Gasteiger partial charge < -0.3 is 9.13 Å².